The summed E-state index contributed by atoms with van der Waals surface area (Å²) in [7, 11) is 0. The standard InChI is InChI=1S/C12H13Cl2NO/c13-8-12(5-2-6-12)15-11(16)9-3-1-4-10(14)7-9/h1,3-4,7H,2,5-6,8H2,(H,15,16). The first-order chi connectivity index (χ1) is 7.65. The number of halogens is 2. The molecule has 0 aliphatic heterocycles. The molecule has 1 aliphatic rings. The Bertz CT molecular complexity index is 396. The van der Waals surface area contributed by atoms with Gasteiger partial charge in [0.2, 0.25) is 0 Å². The van der Waals surface area contributed by atoms with E-state index < -0.39 is 0 Å². The Hall–Kier alpha value is -0.730. The van der Waals surface area contributed by atoms with Gasteiger partial charge in [-0.25, -0.2) is 0 Å². The molecule has 0 radical (unpaired) electrons. The molecule has 0 saturated heterocycles. The van der Waals surface area contributed by atoms with Crippen LogP contribution >= 0.6 is 23.2 Å². The number of amides is 1. The van der Waals surface area contributed by atoms with Crippen LogP contribution in [-0.4, -0.2) is 17.3 Å². The largest absolute Gasteiger partial charge is 0.345 e. The minimum atomic E-state index is -0.193. The van der Waals surface area contributed by atoms with Crippen LogP contribution in [0.15, 0.2) is 24.3 Å². The van der Waals surface area contributed by atoms with E-state index in [2.05, 4.69) is 5.32 Å². The summed E-state index contributed by atoms with van der Waals surface area (Å²) in [6.07, 6.45) is 3.05. The molecule has 0 heterocycles. The van der Waals surface area contributed by atoms with Crippen LogP contribution in [-0.2, 0) is 0 Å². The molecule has 2 rings (SSSR count). The fourth-order valence-corrected chi connectivity index (χ4v) is 2.36. The zero-order valence-corrected chi connectivity index (χ0v) is 10.3. The molecule has 0 bridgehead atoms. The highest BCUT2D eigenvalue weighted by Crippen LogP contribution is 2.33. The highest BCUT2D eigenvalue weighted by Gasteiger charge is 2.37. The number of rotatable bonds is 3. The topological polar surface area (TPSA) is 29.1 Å². The van der Waals surface area contributed by atoms with Crippen LogP contribution in [0.3, 0.4) is 0 Å². The molecule has 1 amide bonds. The first-order valence-electron chi connectivity index (χ1n) is 5.29. The summed E-state index contributed by atoms with van der Waals surface area (Å²) in [4.78, 5) is 11.9. The smallest absolute Gasteiger partial charge is 0.251 e. The van der Waals surface area contributed by atoms with E-state index in [1.807, 2.05) is 0 Å². The van der Waals surface area contributed by atoms with E-state index in [9.17, 15) is 4.79 Å². The number of nitrogens with one attached hydrogen (secondary N) is 1. The number of carbonyl (C=O) groups is 1. The number of carbonyl (C=O) groups excluding carboxylic acids is 1. The summed E-state index contributed by atoms with van der Waals surface area (Å²) >= 11 is 11.7. The molecule has 0 unspecified atom stereocenters. The average molecular weight is 258 g/mol. The lowest BCUT2D eigenvalue weighted by atomic mass is 9.78. The van der Waals surface area contributed by atoms with Gasteiger partial charge in [-0.15, -0.1) is 11.6 Å². The van der Waals surface area contributed by atoms with Crippen LogP contribution < -0.4 is 5.32 Å². The second kappa shape index (κ2) is 4.64. The minimum absolute atomic E-state index is 0.0946. The highest BCUT2D eigenvalue weighted by molar-refractivity contribution is 6.31. The second-order valence-corrected chi connectivity index (χ2v) is 4.94. The Morgan fingerprint density at radius 3 is 2.69 bits per heavy atom. The summed E-state index contributed by atoms with van der Waals surface area (Å²) < 4.78 is 0. The molecule has 1 aromatic rings. The van der Waals surface area contributed by atoms with Crippen molar-refractivity contribution in [2.75, 3.05) is 5.88 Å². The van der Waals surface area contributed by atoms with Crippen LogP contribution in [0.2, 0.25) is 5.02 Å². The van der Waals surface area contributed by atoms with Crippen molar-refractivity contribution in [3.63, 3.8) is 0 Å². The van der Waals surface area contributed by atoms with Crippen molar-refractivity contribution in [2.24, 2.45) is 0 Å². The maximum absolute atomic E-state index is 11.9. The third-order valence-electron chi connectivity index (χ3n) is 3.03. The van der Waals surface area contributed by atoms with Crippen LogP contribution in [0.5, 0.6) is 0 Å². The van der Waals surface area contributed by atoms with E-state index >= 15 is 0 Å². The van der Waals surface area contributed by atoms with Gasteiger partial charge in [0, 0.05) is 16.5 Å². The van der Waals surface area contributed by atoms with Gasteiger partial charge >= 0.3 is 0 Å². The normalized spacial score (nSPS) is 17.6. The quantitative estimate of drug-likeness (QED) is 0.828. The summed E-state index contributed by atoms with van der Waals surface area (Å²) in [5.41, 5.74) is 0.393. The zero-order chi connectivity index (χ0) is 11.6. The van der Waals surface area contributed by atoms with E-state index in [4.69, 9.17) is 23.2 Å². The van der Waals surface area contributed by atoms with Crippen molar-refractivity contribution in [3.8, 4) is 0 Å². The van der Waals surface area contributed by atoms with Gasteiger partial charge in [0.25, 0.3) is 5.91 Å². The van der Waals surface area contributed by atoms with Gasteiger partial charge in [-0.1, -0.05) is 17.7 Å². The molecule has 0 aromatic heterocycles. The van der Waals surface area contributed by atoms with Crippen molar-refractivity contribution in [1.29, 1.82) is 0 Å². The van der Waals surface area contributed by atoms with Gasteiger partial charge in [-0.3, -0.25) is 4.79 Å². The molecule has 86 valence electrons. The Balaban J connectivity index is 2.08. The Labute approximate surface area is 105 Å². The van der Waals surface area contributed by atoms with Crippen LogP contribution in [0, 0.1) is 0 Å². The number of benzene rings is 1. The van der Waals surface area contributed by atoms with Crippen molar-refractivity contribution in [1.82, 2.24) is 5.32 Å². The average Bonchev–Trinajstić information content (AvgIpc) is 2.23. The van der Waals surface area contributed by atoms with Crippen LogP contribution in [0.4, 0.5) is 0 Å². The van der Waals surface area contributed by atoms with Gasteiger partial charge in [0.15, 0.2) is 0 Å². The molecule has 2 nitrogen and oxygen atoms in total. The van der Waals surface area contributed by atoms with E-state index in [-0.39, 0.29) is 11.4 Å². The molecular weight excluding hydrogens is 245 g/mol. The Kier molecular flexibility index (Phi) is 3.41. The summed E-state index contributed by atoms with van der Waals surface area (Å²) in [5.74, 6) is 0.377. The molecule has 0 spiro atoms. The number of hydrogen-bond acceptors (Lipinski definition) is 1. The molecule has 1 aliphatic carbocycles. The SMILES string of the molecule is O=C(NC1(CCl)CCC1)c1cccc(Cl)c1. The first-order valence-corrected chi connectivity index (χ1v) is 6.20. The Morgan fingerprint density at radius 2 is 2.19 bits per heavy atom. The van der Waals surface area contributed by atoms with Crippen LogP contribution in [0.1, 0.15) is 29.6 Å². The molecule has 16 heavy (non-hydrogen) atoms. The highest BCUT2D eigenvalue weighted by atomic mass is 35.5. The zero-order valence-electron chi connectivity index (χ0n) is 8.80. The van der Waals surface area contributed by atoms with Crippen molar-refractivity contribution < 1.29 is 4.79 Å². The molecule has 4 heteroatoms. The monoisotopic (exact) mass is 257 g/mol. The van der Waals surface area contributed by atoms with Crippen LogP contribution in [0.25, 0.3) is 0 Å². The van der Waals surface area contributed by atoms with Gasteiger partial charge in [0.05, 0.1) is 5.54 Å². The summed E-state index contributed by atoms with van der Waals surface area (Å²) in [6.45, 7) is 0. The lowest BCUT2D eigenvalue weighted by Gasteiger charge is -2.41. The third kappa shape index (κ3) is 2.33. The molecular formula is C12H13Cl2NO. The molecule has 0 atom stereocenters. The predicted molar refractivity (Wildman–Crippen MR) is 66.2 cm³/mol. The lowest BCUT2D eigenvalue weighted by Crippen LogP contribution is -2.55. The molecule has 1 N–H and O–H groups in total. The number of alkyl halides is 1. The first kappa shape index (κ1) is 11.7. The summed E-state index contributed by atoms with van der Waals surface area (Å²) in [5, 5.41) is 3.56. The maximum atomic E-state index is 11.9. The third-order valence-corrected chi connectivity index (χ3v) is 3.78. The molecule has 1 aromatic carbocycles. The minimum Gasteiger partial charge on any atom is -0.345 e. The number of hydrogen-bond donors (Lipinski definition) is 1. The van der Waals surface area contributed by atoms with Gasteiger partial charge in [-0.05, 0) is 37.5 Å². The van der Waals surface area contributed by atoms with E-state index in [1.165, 1.54) is 0 Å². The Morgan fingerprint density at radius 1 is 1.44 bits per heavy atom. The van der Waals surface area contributed by atoms with E-state index in [1.54, 1.807) is 24.3 Å². The fraction of sp³-hybridized carbons (Fsp3) is 0.417. The maximum Gasteiger partial charge on any atom is 0.251 e. The van der Waals surface area contributed by atoms with E-state index in [0.717, 1.165) is 19.3 Å². The van der Waals surface area contributed by atoms with Gasteiger partial charge < -0.3 is 5.32 Å². The van der Waals surface area contributed by atoms with Gasteiger partial charge in [-0.2, -0.15) is 0 Å². The van der Waals surface area contributed by atoms with Gasteiger partial charge in [0.1, 0.15) is 0 Å². The molecule has 1 saturated carbocycles. The van der Waals surface area contributed by atoms with E-state index in [0.29, 0.717) is 16.5 Å². The molecule has 1 fully saturated rings. The van der Waals surface area contributed by atoms with Crippen molar-refractivity contribution in [3.05, 3.63) is 34.9 Å². The summed E-state index contributed by atoms with van der Waals surface area (Å²) in [6, 6.07) is 6.93. The lowest BCUT2D eigenvalue weighted by molar-refractivity contribution is 0.0854. The van der Waals surface area contributed by atoms with Crippen molar-refractivity contribution in [2.45, 2.75) is 24.8 Å². The predicted octanol–water partition coefficient (Wildman–Crippen LogP) is 3.23. The second-order valence-electron chi connectivity index (χ2n) is 4.23. The fourth-order valence-electron chi connectivity index (χ4n) is 1.84. The van der Waals surface area contributed by atoms with Crippen molar-refractivity contribution >= 4 is 29.1 Å².